The molecule has 0 aliphatic carbocycles. The molecule has 1 unspecified atom stereocenters. The maximum absolute atomic E-state index is 13.0. The molecule has 32 heavy (non-hydrogen) atoms. The molecule has 0 bridgehead atoms. The summed E-state index contributed by atoms with van der Waals surface area (Å²) in [5.74, 6) is 3.28. The Morgan fingerprint density at radius 2 is 2.03 bits per heavy atom. The van der Waals surface area contributed by atoms with Gasteiger partial charge in [0.15, 0.2) is 17.4 Å². The second kappa shape index (κ2) is 8.70. The lowest BCUT2D eigenvalue weighted by Gasteiger charge is -2.36. The Morgan fingerprint density at radius 3 is 2.62 bits per heavy atom. The number of hydrogen-bond acceptors (Lipinski definition) is 7. The molecule has 3 heterocycles. The van der Waals surface area contributed by atoms with E-state index < -0.39 is 29.6 Å². The molecule has 2 aromatic heterocycles. The summed E-state index contributed by atoms with van der Waals surface area (Å²) < 4.78 is 46.8. The Labute approximate surface area is 180 Å². The number of carbonyl (C=O) groups is 1. The smallest absolute Gasteiger partial charge is 0.433 e. The molecule has 13 heteroatoms. The zero-order chi connectivity index (χ0) is 23.8. The monoisotopic (exact) mass is 456 g/mol. The maximum atomic E-state index is 13.0. The predicted molar refractivity (Wildman–Crippen MR) is 109 cm³/mol. The third-order valence-corrected chi connectivity index (χ3v) is 5.02. The van der Waals surface area contributed by atoms with Gasteiger partial charge in [-0.2, -0.15) is 18.2 Å². The fourth-order valence-corrected chi connectivity index (χ4v) is 3.50. The van der Waals surface area contributed by atoms with E-state index in [1.165, 1.54) is 21.1 Å². The van der Waals surface area contributed by atoms with Gasteiger partial charge < -0.3 is 15.0 Å². The standard InChI is InChI=1S/C19H23F3N6O4/c1-5-6-8-27-13-14(28(11(2)3)18(31)25(4)15(13)29)24-17(27)26-9-7-23-10-12(26)32-16(30)19(20,21)22/h11-12,23H,7-10H2,1-4H3. The number of anilines is 1. The van der Waals surface area contributed by atoms with E-state index in [-0.39, 0.29) is 42.8 Å². The summed E-state index contributed by atoms with van der Waals surface area (Å²) in [6, 6.07) is -0.355. The topological polar surface area (TPSA) is 103 Å². The van der Waals surface area contributed by atoms with Gasteiger partial charge in [-0.15, -0.1) is 5.92 Å². The highest BCUT2D eigenvalue weighted by Gasteiger charge is 2.44. The number of rotatable bonds is 4. The van der Waals surface area contributed by atoms with Crippen LogP contribution in [0.2, 0.25) is 0 Å². The Bertz CT molecular complexity index is 1210. The van der Waals surface area contributed by atoms with Crippen LogP contribution in [0, 0.1) is 11.8 Å². The highest BCUT2D eigenvalue weighted by Crippen LogP contribution is 2.26. The third kappa shape index (κ3) is 4.10. The van der Waals surface area contributed by atoms with Gasteiger partial charge in [0.2, 0.25) is 5.95 Å². The van der Waals surface area contributed by atoms with Crippen molar-refractivity contribution in [1.82, 2.24) is 24.0 Å². The van der Waals surface area contributed by atoms with Crippen molar-refractivity contribution >= 4 is 23.1 Å². The zero-order valence-corrected chi connectivity index (χ0v) is 18.0. The van der Waals surface area contributed by atoms with Crippen LogP contribution in [0.15, 0.2) is 9.59 Å². The van der Waals surface area contributed by atoms with Crippen molar-refractivity contribution in [2.45, 2.75) is 45.8 Å². The van der Waals surface area contributed by atoms with Crippen molar-refractivity contribution in [2.75, 3.05) is 24.5 Å². The zero-order valence-electron chi connectivity index (χ0n) is 18.0. The largest absolute Gasteiger partial charge is 0.491 e. The molecule has 0 amide bonds. The van der Waals surface area contributed by atoms with Crippen molar-refractivity contribution in [3.05, 3.63) is 20.8 Å². The lowest BCUT2D eigenvalue weighted by Crippen LogP contribution is -2.55. The molecule has 10 nitrogen and oxygen atoms in total. The van der Waals surface area contributed by atoms with Crippen LogP contribution in [-0.2, 0) is 23.1 Å². The quantitative estimate of drug-likeness (QED) is 0.523. The highest BCUT2D eigenvalue weighted by atomic mass is 19.4. The number of imidazole rings is 1. The Hall–Kier alpha value is -3.27. The van der Waals surface area contributed by atoms with Gasteiger partial charge >= 0.3 is 17.8 Å². The highest BCUT2D eigenvalue weighted by molar-refractivity contribution is 5.77. The number of nitrogens with zero attached hydrogens (tertiary/aromatic N) is 5. The maximum Gasteiger partial charge on any atom is 0.491 e. The lowest BCUT2D eigenvalue weighted by molar-refractivity contribution is -0.205. The van der Waals surface area contributed by atoms with Crippen LogP contribution < -0.4 is 21.5 Å². The molecule has 1 atom stereocenters. The average Bonchev–Trinajstić information content (AvgIpc) is 3.08. The summed E-state index contributed by atoms with van der Waals surface area (Å²) in [6.07, 6.45) is -6.49. The summed E-state index contributed by atoms with van der Waals surface area (Å²) in [5.41, 5.74) is -1.02. The predicted octanol–water partition coefficient (Wildman–Crippen LogP) is 0.342. The number of halogens is 3. The molecular weight excluding hydrogens is 433 g/mol. The Kier molecular flexibility index (Phi) is 6.36. The fourth-order valence-electron chi connectivity index (χ4n) is 3.50. The number of esters is 1. The van der Waals surface area contributed by atoms with E-state index in [4.69, 9.17) is 4.74 Å². The van der Waals surface area contributed by atoms with Gasteiger partial charge in [0, 0.05) is 26.2 Å². The summed E-state index contributed by atoms with van der Waals surface area (Å²) >= 11 is 0. The van der Waals surface area contributed by atoms with Crippen LogP contribution in [0.4, 0.5) is 19.1 Å². The number of fused-ring (bicyclic) bond motifs is 1. The molecule has 0 saturated carbocycles. The number of alkyl halides is 3. The molecule has 174 valence electrons. The first-order chi connectivity index (χ1) is 15.0. The number of hydrogen-bond donors (Lipinski definition) is 1. The Morgan fingerprint density at radius 1 is 1.34 bits per heavy atom. The second-order valence-electron chi connectivity index (χ2n) is 7.46. The number of carbonyl (C=O) groups excluding carboxylic acids is 1. The molecule has 1 N–H and O–H groups in total. The molecule has 3 rings (SSSR count). The minimum absolute atomic E-state index is 0.00224. The fraction of sp³-hybridized carbons (Fsp3) is 0.579. The molecule has 2 aromatic rings. The van der Waals surface area contributed by atoms with Crippen LogP contribution in [0.25, 0.3) is 11.2 Å². The van der Waals surface area contributed by atoms with E-state index >= 15 is 0 Å². The van der Waals surface area contributed by atoms with Gasteiger partial charge in [-0.1, -0.05) is 5.92 Å². The molecule has 0 spiro atoms. The van der Waals surface area contributed by atoms with E-state index in [0.29, 0.717) is 6.54 Å². The second-order valence-corrected chi connectivity index (χ2v) is 7.46. The first-order valence-corrected chi connectivity index (χ1v) is 9.85. The van der Waals surface area contributed by atoms with Crippen LogP contribution >= 0.6 is 0 Å². The summed E-state index contributed by atoms with van der Waals surface area (Å²) in [7, 11) is 1.34. The van der Waals surface area contributed by atoms with Gasteiger partial charge in [-0.3, -0.25) is 18.5 Å². The lowest BCUT2D eigenvalue weighted by atomic mass is 10.3. The van der Waals surface area contributed by atoms with Crippen molar-refractivity contribution in [3.8, 4) is 11.8 Å². The van der Waals surface area contributed by atoms with E-state index in [9.17, 15) is 27.6 Å². The number of ether oxygens (including phenoxy) is 1. The van der Waals surface area contributed by atoms with Crippen molar-refractivity contribution < 1.29 is 22.7 Å². The van der Waals surface area contributed by atoms with Crippen molar-refractivity contribution in [1.29, 1.82) is 0 Å². The number of nitrogens with one attached hydrogen (secondary N) is 1. The molecule has 1 saturated heterocycles. The minimum atomic E-state index is -5.16. The molecule has 1 aliphatic heterocycles. The van der Waals surface area contributed by atoms with Crippen molar-refractivity contribution in [3.63, 3.8) is 0 Å². The normalized spacial score (nSPS) is 16.9. The van der Waals surface area contributed by atoms with E-state index in [2.05, 4.69) is 22.1 Å². The average molecular weight is 456 g/mol. The molecular formula is C19H23F3N6O4. The van der Waals surface area contributed by atoms with E-state index in [0.717, 1.165) is 4.57 Å². The van der Waals surface area contributed by atoms with Gasteiger partial charge in [-0.05, 0) is 20.8 Å². The molecule has 1 aliphatic rings. The first-order valence-electron chi connectivity index (χ1n) is 9.85. The van der Waals surface area contributed by atoms with Crippen LogP contribution in [-0.4, -0.2) is 56.7 Å². The molecule has 0 radical (unpaired) electrons. The third-order valence-electron chi connectivity index (χ3n) is 5.02. The van der Waals surface area contributed by atoms with Crippen molar-refractivity contribution in [2.24, 2.45) is 7.05 Å². The van der Waals surface area contributed by atoms with Gasteiger partial charge in [-0.25, -0.2) is 9.59 Å². The summed E-state index contributed by atoms with van der Waals surface area (Å²) in [5, 5.41) is 2.87. The van der Waals surface area contributed by atoms with Gasteiger partial charge in [0.05, 0.1) is 13.1 Å². The first kappa shape index (κ1) is 23.4. The number of piperazine rings is 1. The molecule has 1 fully saturated rings. The van der Waals surface area contributed by atoms with E-state index in [1.807, 2.05) is 0 Å². The summed E-state index contributed by atoms with van der Waals surface area (Å²) in [4.78, 5) is 43.0. The van der Waals surface area contributed by atoms with Gasteiger partial charge in [0.25, 0.3) is 5.56 Å². The Balaban J connectivity index is 2.26. The number of aromatic nitrogens is 4. The minimum Gasteiger partial charge on any atom is -0.433 e. The van der Waals surface area contributed by atoms with Crippen LogP contribution in [0.5, 0.6) is 0 Å². The summed E-state index contributed by atoms with van der Waals surface area (Å²) in [6.45, 7) is 5.52. The van der Waals surface area contributed by atoms with Crippen LogP contribution in [0.1, 0.15) is 26.8 Å². The van der Waals surface area contributed by atoms with Crippen LogP contribution in [0.3, 0.4) is 0 Å². The SMILES string of the molecule is CC#CCn1c(N2CCNCC2OC(=O)C(F)(F)F)nc2c1c(=O)n(C)c(=O)n2C(C)C. The molecule has 0 aromatic carbocycles. The van der Waals surface area contributed by atoms with Gasteiger partial charge in [0.1, 0.15) is 0 Å². The van der Waals surface area contributed by atoms with E-state index in [1.54, 1.807) is 20.8 Å².